The minimum atomic E-state index is -0.401. The molecule has 1 N–H and O–H groups in total. The van der Waals surface area contributed by atoms with Gasteiger partial charge in [-0.3, -0.25) is 9.78 Å². The number of halogens is 2. The van der Waals surface area contributed by atoms with Crippen molar-refractivity contribution < 1.29 is 9.53 Å². The van der Waals surface area contributed by atoms with Gasteiger partial charge in [0.1, 0.15) is 11.2 Å². The molecule has 5 aromatic rings. The molecule has 0 aliphatic heterocycles. The van der Waals surface area contributed by atoms with E-state index in [1.807, 2.05) is 85.1 Å². The highest BCUT2D eigenvalue weighted by molar-refractivity contribution is 9.11. The van der Waals surface area contributed by atoms with E-state index in [2.05, 4.69) is 47.4 Å². The number of nitrogens with one attached hydrogen (secondary N) is 1. The number of fused-ring (bicyclic) bond motifs is 1. The normalized spacial score (nSPS) is 11.2. The topological polar surface area (TPSA) is 81.4 Å². The van der Waals surface area contributed by atoms with Crippen molar-refractivity contribution in [3.63, 3.8) is 0 Å². The average molecular weight is 605 g/mol. The molecular formula is C27H19Br2N5O2. The van der Waals surface area contributed by atoms with Gasteiger partial charge in [0.15, 0.2) is 12.4 Å². The van der Waals surface area contributed by atoms with Gasteiger partial charge >= 0.3 is 0 Å². The Labute approximate surface area is 224 Å². The molecule has 7 nitrogen and oxygen atoms in total. The quantitative estimate of drug-likeness (QED) is 0.179. The first-order valence-electron chi connectivity index (χ1n) is 11.0. The van der Waals surface area contributed by atoms with E-state index in [1.54, 1.807) is 17.1 Å². The van der Waals surface area contributed by atoms with Gasteiger partial charge in [0, 0.05) is 33.4 Å². The maximum atomic E-state index is 12.5. The van der Waals surface area contributed by atoms with Crippen LogP contribution in [0.2, 0.25) is 0 Å². The Morgan fingerprint density at radius 2 is 1.75 bits per heavy atom. The number of nitrogens with zero attached hydrogens (tertiary/aromatic N) is 4. The van der Waals surface area contributed by atoms with Crippen LogP contribution >= 0.6 is 31.9 Å². The number of rotatable bonds is 7. The van der Waals surface area contributed by atoms with Crippen molar-refractivity contribution >= 4 is 54.9 Å². The molecule has 2 aromatic heterocycles. The molecule has 3 aromatic carbocycles. The Morgan fingerprint density at radius 1 is 1.00 bits per heavy atom. The van der Waals surface area contributed by atoms with Gasteiger partial charge in [-0.05, 0) is 40.2 Å². The van der Waals surface area contributed by atoms with Gasteiger partial charge in [0.25, 0.3) is 5.91 Å². The predicted molar refractivity (Wildman–Crippen MR) is 147 cm³/mol. The minimum absolute atomic E-state index is 0.224. The lowest BCUT2D eigenvalue weighted by atomic mass is 10.1. The molecule has 0 bridgehead atoms. The number of hydrogen-bond donors (Lipinski definition) is 1. The van der Waals surface area contributed by atoms with Crippen molar-refractivity contribution in [3.8, 4) is 22.7 Å². The molecule has 36 heavy (non-hydrogen) atoms. The molecule has 178 valence electrons. The summed E-state index contributed by atoms with van der Waals surface area (Å²) in [6.07, 6.45) is 5.14. The monoisotopic (exact) mass is 603 g/mol. The number of ether oxygens (including phenoxy) is 1. The van der Waals surface area contributed by atoms with E-state index in [1.165, 1.54) is 0 Å². The Kier molecular flexibility index (Phi) is 7.20. The van der Waals surface area contributed by atoms with E-state index in [0.717, 1.165) is 32.4 Å². The SMILES string of the molecule is O=C(COc1c(Br)cc(Br)c2cccnc12)N/N=C\c1cn(-c2ccccc2)nc1-c1ccccc1. The van der Waals surface area contributed by atoms with Crippen LogP contribution in [0, 0.1) is 0 Å². The fourth-order valence-electron chi connectivity index (χ4n) is 3.64. The Morgan fingerprint density at radius 3 is 2.53 bits per heavy atom. The zero-order valence-electron chi connectivity index (χ0n) is 18.8. The zero-order chi connectivity index (χ0) is 24.9. The van der Waals surface area contributed by atoms with E-state index in [-0.39, 0.29) is 6.61 Å². The maximum absolute atomic E-state index is 12.5. The van der Waals surface area contributed by atoms with Crippen LogP contribution in [-0.4, -0.2) is 33.5 Å². The molecule has 0 atom stereocenters. The third kappa shape index (κ3) is 5.22. The average Bonchev–Trinajstić information content (AvgIpc) is 3.34. The second-order valence-corrected chi connectivity index (χ2v) is 9.44. The third-order valence-corrected chi connectivity index (χ3v) is 6.55. The number of benzene rings is 3. The van der Waals surface area contributed by atoms with Crippen molar-refractivity contribution in [1.82, 2.24) is 20.2 Å². The second kappa shape index (κ2) is 10.8. The summed E-state index contributed by atoms with van der Waals surface area (Å²) in [5.41, 5.74) is 6.57. The first-order chi connectivity index (χ1) is 17.6. The molecule has 0 saturated carbocycles. The Bertz CT molecular complexity index is 1550. The van der Waals surface area contributed by atoms with E-state index >= 15 is 0 Å². The number of carbonyl (C=O) groups excluding carboxylic acids is 1. The molecule has 1 amide bonds. The number of carbonyl (C=O) groups is 1. The lowest BCUT2D eigenvalue weighted by Crippen LogP contribution is -2.24. The molecule has 5 rings (SSSR count). The van der Waals surface area contributed by atoms with Crippen molar-refractivity contribution in [1.29, 1.82) is 0 Å². The molecule has 0 aliphatic rings. The zero-order valence-corrected chi connectivity index (χ0v) is 22.0. The lowest BCUT2D eigenvalue weighted by molar-refractivity contribution is -0.123. The van der Waals surface area contributed by atoms with Crippen LogP contribution in [0.5, 0.6) is 5.75 Å². The van der Waals surface area contributed by atoms with Crippen LogP contribution < -0.4 is 10.2 Å². The summed E-state index contributed by atoms with van der Waals surface area (Å²) in [7, 11) is 0. The van der Waals surface area contributed by atoms with Crippen LogP contribution in [0.1, 0.15) is 5.56 Å². The van der Waals surface area contributed by atoms with Crippen LogP contribution in [0.15, 0.2) is 105 Å². The largest absolute Gasteiger partial charge is 0.480 e. The highest BCUT2D eigenvalue weighted by Crippen LogP contribution is 2.37. The van der Waals surface area contributed by atoms with Crippen molar-refractivity contribution in [3.05, 3.63) is 106 Å². The number of aromatic nitrogens is 3. The summed E-state index contributed by atoms with van der Waals surface area (Å²) in [4.78, 5) is 16.9. The van der Waals surface area contributed by atoms with Crippen molar-refractivity contribution in [2.24, 2.45) is 5.10 Å². The molecule has 2 heterocycles. The van der Waals surface area contributed by atoms with Crippen LogP contribution in [0.4, 0.5) is 0 Å². The van der Waals surface area contributed by atoms with Crippen LogP contribution in [0.3, 0.4) is 0 Å². The maximum Gasteiger partial charge on any atom is 0.277 e. The summed E-state index contributed by atoms with van der Waals surface area (Å²) < 4.78 is 9.15. The first-order valence-corrected chi connectivity index (χ1v) is 12.6. The lowest BCUT2D eigenvalue weighted by Gasteiger charge is -2.11. The van der Waals surface area contributed by atoms with E-state index in [9.17, 15) is 4.79 Å². The van der Waals surface area contributed by atoms with Gasteiger partial charge in [-0.15, -0.1) is 0 Å². The second-order valence-electron chi connectivity index (χ2n) is 7.73. The molecule has 0 spiro atoms. The van der Waals surface area contributed by atoms with Gasteiger partial charge in [-0.2, -0.15) is 10.2 Å². The fraction of sp³-hybridized carbons (Fsp3) is 0.0370. The molecule has 0 saturated heterocycles. The highest BCUT2D eigenvalue weighted by Gasteiger charge is 2.14. The van der Waals surface area contributed by atoms with Gasteiger partial charge < -0.3 is 4.74 Å². The molecule has 9 heteroatoms. The number of amides is 1. The van der Waals surface area contributed by atoms with E-state index < -0.39 is 5.91 Å². The summed E-state index contributed by atoms with van der Waals surface area (Å²) in [5, 5.41) is 9.78. The van der Waals surface area contributed by atoms with Crippen LogP contribution in [0.25, 0.3) is 27.8 Å². The number of hydrazone groups is 1. The number of pyridine rings is 1. The Balaban J connectivity index is 1.32. The summed E-state index contributed by atoms with van der Waals surface area (Å²) in [6.45, 7) is -0.224. The van der Waals surface area contributed by atoms with Crippen LogP contribution in [-0.2, 0) is 4.79 Å². The summed E-state index contributed by atoms with van der Waals surface area (Å²) in [6, 6.07) is 25.3. The Hall–Kier alpha value is -3.82. The summed E-state index contributed by atoms with van der Waals surface area (Å²) >= 11 is 7.01. The third-order valence-electron chi connectivity index (χ3n) is 5.30. The van der Waals surface area contributed by atoms with E-state index in [4.69, 9.17) is 9.84 Å². The van der Waals surface area contributed by atoms with Crippen molar-refractivity contribution in [2.45, 2.75) is 0 Å². The van der Waals surface area contributed by atoms with Gasteiger partial charge in [0.05, 0.1) is 16.4 Å². The molecular weight excluding hydrogens is 586 g/mol. The molecule has 0 fully saturated rings. The van der Waals surface area contributed by atoms with Gasteiger partial charge in [0.2, 0.25) is 0 Å². The minimum Gasteiger partial charge on any atom is -0.480 e. The molecule has 0 radical (unpaired) electrons. The highest BCUT2D eigenvalue weighted by atomic mass is 79.9. The smallest absolute Gasteiger partial charge is 0.277 e. The molecule has 0 unspecified atom stereocenters. The first kappa shape index (κ1) is 23.9. The van der Waals surface area contributed by atoms with Gasteiger partial charge in [-0.25, -0.2) is 10.1 Å². The van der Waals surface area contributed by atoms with E-state index in [0.29, 0.717) is 15.7 Å². The predicted octanol–water partition coefficient (Wildman–Crippen LogP) is 6.14. The van der Waals surface area contributed by atoms with Gasteiger partial charge in [-0.1, -0.05) is 70.5 Å². The molecule has 0 aliphatic carbocycles. The number of para-hydroxylation sites is 1. The fourth-order valence-corrected chi connectivity index (χ4v) is 5.03. The number of hydrogen-bond acceptors (Lipinski definition) is 5. The summed E-state index contributed by atoms with van der Waals surface area (Å²) in [5.74, 6) is 0.0882. The standard InChI is InChI=1S/C27H19Br2N5O2/c28-22-14-23(29)27(26-21(22)12-7-13-30-26)36-17-24(35)32-31-15-19-16-34(20-10-5-2-6-11-20)33-25(19)18-8-3-1-4-9-18/h1-16H,17H2,(H,32,35)/b31-15-. The van der Waals surface area contributed by atoms with Crippen molar-refractivity contribution in [2.75, 3.05) is 6.61 Å².